The summed E-state index contributed by atoms with van der Waals surface area (Å²) in [6.45, 7) is 5.05. The Kier molecular flexibility index (Phi) is 5.01. The lowest BCUT2D eigenvalue weighted by atomic mass is 10.2. The predicted molar refractivity (Wildman–Crippen MR) is 79.7 cm³/mol. The van der Waals surface area contributed by atoms with Gasteiger partial charge < -0.3 is 5.32 Å². The van der Waals surface area contributed by atoms with Gasteiger partial charge in [0, 0.05) is 10.0 Å². The zero-order valence-corrected chi connectivity index (χ0v) is 13.2. The summed E-state index contributed by atoms with van der Waals surface area (Å²) in [5, 5.41) is 13.4. The average Bonchev–Trinajstić information content (AvgIpc) is 2.88. The quantitative estimate of drug-likeness (QED) is 0.885. The maximum atomic E-state index is 13.3. The lowest BCUT2D eigenvalue weighted by Crippen LogP contribution is -2.19. The minimum absolute atomic E-state index is 0.212. The predicted octanol–water partition coefficient (Wildman–Crippen LogP) is 4.17. The van der Waals surface area contributed by atoms with Crippen molar-refractivity contribution >= 4 is 27.3 Å². The highest BCUT2D eigenvalue weighted by atomic mass is 79.9. The minimum atomic E-state index is -0.270. The second-order valence-electron chi connectivity index (χ2n) is 4.09. The van der Waals surface area contributed by atoms with Gasteiger partial charge >= 0.3 is 0 Å². The Balaban J connectivity index is 2.32. The molecular formula is C13H15BrFN3S. The third-order valence-corrected chi connectivity index (χ3v) is 4.52. The topological polar surface area (TPSA) is 37.8 Å². The number of hydrogen-bond acceptors (Lipinski definition) is 4. The Labute approximate surface area is 124 Å². The molecule has 1 aromatic heterocycles. The van der Waals surface area contributed by atoms with Gasteiger partial charge in [0.25, 0.3) is 0 Å². The van der Waals surface area contributed by atoms with Crippen molar-refractivity contribution in [1.29, 1.82) is 0 Å². The number of aromatic nitrogens is 2. The summed E-state index contributed by atoms with van der Waals surface area (Å²) in [5.74, 6) is -0.270. The van der Waals surface area contributed by atoms with Gasteiger partial charge in [-0.15, -0.1) is 10.2 Å². The maximum absolute atomic E-state index is 13.3. The summed E-state index contributed by atoms with van der Waals surface area (Å²) in [5.41, 5.74) is 0.745. The molecule has 0 aliphatic carbocycles. The van der Waals surface area contributed by atoms with Gasteiger partial charge in [0.15, 0.2) is 0 Å². The largest absolute Gasteiger partial charge is 0.308 e. The molecule has 0 amide bonds. The van der Waals surface area contributed by atoms with E-state index < -0.39 is 0 Å². The Bertz CT molecular complexity index is 559. The van der Waals surface area contributed by atoms with E-state index in [0.29, 0.717) is 0 Å². The van der Waals surface area contributed by atoms with Crippen LogP contribution in [0.15, 0.2) is 22.7 Å². The smallest absolute Gasteiger partial charge is 0.149 e. The fourth-order valence-corrected chi connectivity index (χ4v) is 3.40. The molecule has 2 aromatic rings. The summed E-state index contributed by atoms with van der Waals surface area (Å²) in [6.07, 6.45) is 0.951. The van der Waals surface area contributed by atoms with Gasteiger partial charge in [-0.3, -0.25) is 0 Å². The van der Waals surface area contributed by atoms with Crippen LogP contribution in [0.5, 0.6) is 0 Å². The molecule has 102 valence electrons. The lowest BCUT2D eigenvalue weighted by Gasteiger charge is -2.11. The van der Waals surface area contributed by atoms with Crippen molar-refractivity contribution in [3.05, 3.63) is 33.5 Å². The summed E-state index contributed by atoms with van der Waals surface area (Å²) in [6, 6.07) is 4.79. The first-order valence-corrected chi connectivity index (χ1v) is 7.78. The molecule has 0 spiro atoms. The molecular weight excluding hydrogens is 329 g/mol. The van der Waals surface area contributed by atoms with E-state index in [2.05, 4.69) is 45.3 Å². The summed E-state index contributed by atoms with van der Waals surface area (Å²) >= 11 is 4.92. The van der Waals surface area contributed by atoms with Crippen LogP contribution in [0.1, 0.15) is 31.3 Å². The van der Waals surface area contributed by atoms with E-state index in [-0.39, 0.29) is 11.9 Å². The number of benzene rings is 1. The number of halogens is 2. The number of hydrogen-bond donors (Lipinski definition) is 1. The van der Waals surface area contributed by atoms with Crippen molar-refractivity contribution in [2.24, 2.45) is 0 Å². The van der Waals surface area contributed by atoms with E-state index in [1.807, 2.05) is 0 Å². The van der Waals surface area contributed by atoms with E-state index in [1.165, 1.54) is 23.5 Å². The van der Waals surface area contributed by atoms with Gasteiger partial charge in [0.2, 0.25) is 0 Å². The molecule has 1 N–H and O–H groups in total. The van der Waals surface area contributed by atoms with Crippen LogP contribution in [0.25, 0.3) is 10.6 Å². The second-order valence-corrected chi connectivity index (χ2v) is 5.95. The summed E-state index contributed by atoms with van der Waals surface area (Å²) in [4.78, 5) is 0. The van der Waals surface area contributed by atoms with E-state index >= 15 is 0 Å². The van der Waals surface area contributed by atoms with E-state index in [9.17, 15) is 4.39 Å². The normalized spacial score (nSPS) is 12.6. The van der Waals surface area contributed by atoms with Gasteiger partial charge in [-0.25, -0.2) is 4.39 Å². The van der Waals surface area contributed by atoms with Gasteiger partial charge in [-0.1, -0.05) is 41.1 Å². The minimum Gasteiger partial charge on any atom is -0.308 e. The third-order valence-electron chi connectivity index (χ3n) is 2.76. The Morgan fingerprint density at radius 3 is 2.84 bits per heavy atom. The molecule has 0 aliphatic heterocycles. The SMILES string of the molecule is CCNC(CC)c1nnc(-c2cc(F)ccc2Br)s1. The van der Waals surface area contributed by atoms with Crippen molar-refractivity contribution in [3.63, 3.8) is 0 Å². The highest BCUT2D eigenvalue weighted by Gasteiger charge is 2.16. The van der Waals surface area contributed by atoms with E-state index in [1.54, 1.807) is 6.07 Å². The van der Waals surface area contributed by atoms with Crippen LogP contribution in [-0.4, -0.2) is 16.7 Å². The first kappa shape index (κ1) is 14.6. The zero-order valence-electron chi connectivity index (χ0n) is 10.8. The highest BCUT2D eigenvalue weighted by molar-refractivity contribution is 9.10. The molecule has 0 fully saturated rings. The van der Waals surface area contributed by atoms with Crippen LogP contribution in [-0.2, 0) is 0 Å². The van der Waals surface area contributed by atoms with Gasteiger partial charge in [0.05, 0.1) is 6.04 Å². The molecule has 1 aromatic carbocycles. The average molecular weight is 344 g/mol. The Hall–Kier alpha value is -0.850. The second kappa shape index (κ2) is 6.54. The molecule has 1 heterocycles. The number of rotatable bonds is 5. The Morgan fingerprint density at radius 2 is 2.16 bits per heavy atom. The Morgan fingerprint density at radius 1 is 1.37 bits per heavy atom. The molecule has 1 atom stereocenters. The number of nitrogens with zero attached hydrogens (tertiary/aromatic N) is 2. The molecule has 1 unspecified atom stereocenters. The van der Waals surface area contributed by atoms with Crippen molar-refractivity contribution in [2.45, 2.75) is 26.3 Å². The third kappa shape index (κ3) is 3.38. The molecule has 2 rings (SSSR count). The summed E-state index contributed by atoms with van der Waals surface area (Å²) < 4.78 is 14.1. The molecule has 0 radical (unpaired) electrons. The van der Waals surface area contributed by atoms with E-state index in [0.717, 1.165) is 33.0 Å². The van der Waals surface area contributed by atoms with Crippen LogP contribution in [0.4, 0.5) is 4.39 Å². The fourth-order valence-electron chi connectivity index (χ4n) is 1.80. The molecule has 3 nitrogen and oxygen atoms in total. The fraction of sp³-hybridized carbons (Fsp3) is 0.385. The van der Waals surface area contributed by atoms with Crippen LogP contribution in [0.3, 0.4) is 0 Å². The number of nitrogens with one attached hydrogen (secondary N) is 1. The van der Waals surface area contributed by atoms with Crippen LogP contribution < -0.4 is 5.32 Å². The van der Waals surface area contributed by atoms with Crippen LogP contribution >= 0.6 is 27.3 Å². The molecule has 0 aliphatic rings. The molecule has 0 saturated heterocycles. The standard InChI is InChI=1S/C13H15BrFN3S/c1-3-11(16-4-2)13-18-17-12(19-13)9-7-8(15)5-6-10(9)14/h5-7,11,16H,3-4H2,1-2H3. The molecule has 0 bridgehead atoms. The first-order chi connectivity index (χ1) is 9.15. The molecule has 0 saturated carbocycles. The highest BCUT2D eigenvalue weighted by Crippen LogP contribution is 2.33. The molecule has 6 heteroatoms. The molecule has 19 heavy (non-hydrogen) atoms. The van der Waals surface area contributed by atoms with Crippen molar-refractivity contribution in [3.8, 4) is 10.6 Å². The first-order valence-electron chi connectivity index (χ1n) is 6.17. The van der Waals surface area contributed by atoms with Crippen molar-refractivity contribution in [2.75, 3.05) is 6.54 Å². The maximum Gasteiger partial charge on any atom is 0.149 e. The monoisotopic (exact) mass is 343 g/mol. The van der Waals surface area contributed by atoms with Gasteiger partial charge in [-0.05, 0) is 31.2 Å². The zero-order chi connectivity index (χ0) is 13.8. The summed E-state index contributed by atoms with van der Waals surface area (Å²) in [7, 11) is 0. The van der Waals surface area contributed by atoms with Gasteiger partial charge in [-0.2, -0.15) is 0 Å². The van der Waals surface area contributed by atoms with Crippen LogP contribution in [0.2, 0.25) is 0 Å². The van der Waals surface area contributed by atoms with Crippen molar-refractivity contribution in [1.82, 2.24) is 15.5 Å². The van der Waals surface area contributed by atoms with E-state index in [4.69, 9.17) is 0 Å². The van der Waals surface area contributed by atoms with Crippen molar-refractivity contribution < 1.29 is 4.39 Å². The lowest BCUT2D eigenvalue weighted by molar-refractivity contribution is 0.531. The van der Waals surface area contributed by atoms with Crippen LogP contribution in [0, 0.1) is 5.82 Å². The van der Waals surface area contributed by atoms with Gasteiger partial charge in [0.1, 0.15) is 15.8 Å².